The van der Waals surface area contributed by atoms with E-state index in [4.69, 9.17) is 11.6 Å². The lowest BCUT2D eigenvalue weighted by Gasteiger charge is -2.28. The van der Waals surface area contributed by atoms with Gasteiger partial charge in [0, 0.05) is 5.69 Å². The first-order valence-corrected chi connectivity index (χ1v) is 13.6. The third-order valence-electron chi connectivity index (χ3n) is 5.65. The van der Waals surface area contributed by atoms with E-state index in [1.165, 1.54) is 4.90 Å². The van der Waals surface area contributed by atoms with Crippen molar-refractivity contribution in [1.82, 2.24) is 0 Å². The van der Waals surface area contributed by atoms with Crippen LogP contribution in [0, 0.1) is 0 Å². The normalized spacial score (nSPS) is 21.3. The van der Waals surface area contributed by atoms with E-state index in [9.17, 15) is 26.4 Å². The molecule has 0 saturated carbocycles. The van der Waals surface area contributed by atoms with Gasteiger partial charge in [-0.3, -0.25) is 9.79 Å². The number of benzene rings is 2. The summed E-state index contributed by atoms with van der Waals surface area (Å²) in [6.45, 7) is 1.97. The van der Waals surface area contributed by atoms with Gasteiger partial charge in [-0.1, -0.05) is 48.5 Å². The minimum atomic E-state index is -4.60. The molecule has 1 N–H and O–H groups in total. The van der Waals surface area contributed by atoms with Crippen LogP contribution in [0.5, 0.6) is 0 Å². The molecule has 1 saturated heterocycles. The second-order valence-electron chi connectivity index (χ2n) is 8.00. The Hall–Kier alpha value is -2.24. The SMILES string of the molecule is CCc1ccccc1NC(=O)CSC1=N[C@H]2CS(=O)(=O)C[C@H]2N1c1cc(C(F)(F)F)ccc1Cl. The number of sulfone groups is 1. The number of nitrogens with zero attached hydrogens (tertiary/aromatic N) is 2. The maximum Gasteiger partial charge on any atom is 0.416 e. The van der Waals surface area contributed by atoms with E-state index in [1.807, 2.05) is 25.1 Å². The van der Waals surface area contributed by atoms with Crippen LogP contribution >= 0.6 is 23.4 Å². The standard InChI is InChI=1S/C22H21ClF3N3O3S2/c1-2-13-5-3-4-6-16(13)27-20(30)10-33-21-28-17-11-34(31,32)12-19(17)29(21)18-9-14(22(24,25)26)7-8-15(18)23/h3-9,17,19H,2,10-12H2,1H3,(H,27,30)/t17-,19+/m0/s1. The Kier molecular flexibility index (Phi) is 6.90. The van der Waals surface area contributed by atoms with Gasteiger partial charge in [0.25, 0.3) is 0 Å². The lowest BCUT2D eigenvalue weighted by Crippen LogP contribution is -2.39. The van der Waals surface area contributed by atoms with Crippen molar-refractivity contribution in [2.45, 2.75) is 31.6 Å². The van der Waals surface area contributed by atoms with Gasteiger partial charge in [0.15, 0.2) is 15.0 Å². The molecule has 2 aliphatic rings. The number of para-hydroxylation sites is 1. The summed E-state index contributed by atoms with van der Waals surface area (Å²) in [5.74, 6) is -0.831. The van der Waals surface area contributed by atoms with Crippen LogP contribution in [0.2, 0.25) is 5.02 Å². The Morgan fingerprint density at radius 3 is 2.68 bits per heavy atom. The number of carbonyl (C=O) groups excluding carboxylic acids is 1. The fourth-order valence-electron chi connectivity index (χ4n) is 4.06. The molecule has 0 spiro atoms. The first-order valence-electron chi connectivity index (χ1n) is 10.4. The van der Waals surface area contributed by atoms with E-state index in [0.717, 1.165) is 41.9 Å². The Bertz CT molecular complexity index is 1250. The third-order valence-corrected chi connectivity index (χ3v) is 8.63. The summed E-state index contributed by atoms with van der Waals surface area (Å²) < 4.78 is 64.4. The average molecular weight is 532 g/mol. The van der Waals surface area contributed by atoms with Crippen LogP contribution in [-0.4, -0.2) is 48.8 Å². The summed E-state index contributed by atoms with van der Waals surface area (Å²) in [5, 5.41) is 3.14. The maximum atomic E-state index is 13.4. The van der Waals surface area contributed by atoms with E-state index in [0.29, 0.717) is 5.69 Å². The number of thioether (sulfide) groups is 1. The van der Waals surface area contributed by atoms with Crippen molar-refractivity contribution in [3.05, 3.63) is 58.6 Å². The average Bonchev–Trinajstić information content (AvgIpc) is 3.23. The van der Waals surface area contributed by atoms with Crippen LogP contribution in [-0.2, 0) is 27.2 Å². The van der Waals surface area contributed by atoms with E-state index in [2.05, 4.69) is 10.3 Å². The highest BCUT2D eigenvalue weighted by molar-refractivity contribution is 8.14. The summed E-state index contributed by atoms with van der Waals surface area (Å²) >= 11 is 7.29. The number of aryl methyl sites for hydroxylation is 1. The van der Waals surface area contributed by atoms with Gasteiger partial charge in [0.2, 0.25) is 5.91 Å². The quantitative estimate of drug-likeness (QED) is 0.608. The van der Waals surface area contributed by atoms with Crippen LogP contribution in [0.1, 0.15) is 18.1 Å². The molecule has 1 amide bonds. The zero-order chi connectivity index (χ0) is 24.7. The van der Waals surface area contributed by atoms with Crippen molar-refractivity contribution < 1.29 is 26.4 Å². The van der Waals surface area contributed by atoms with E-state index in [-0.39, 0.29) is 39.0 Å². The molecule has 12 heteroatoms. The largest absolute Gasteiger partial charge is 0.416 e. The fraction of sp³-hybridized carbons (Fsp3) is 0.364. The molecular weight excluding hydrogens is 511 g/mol. The van der Waals surface area contributed by atoms with Gasteiger partial charge < -0.3 is 10.2 Å². The van der Waals surface area contributed by atoms with Crippen molar-refractivity contribution in [2.24, 2.45) is 4.99 Å². The number of nitrogens with one attached hydrogen (secondary N) is 1. The summed E-state index contributed by atoms with van der Waals surface area (Å²) in [6.07, 6.45) is -3.87. The zero-order valence-corrected chi connectivity index (χ0v) is 20.4. The molecule has 6 nitrogen and oxygen atoms in total. The van der Waals surface area contributed by atoms with Gasteiger partial charge in [0.1, 0.15) is 0 Å². The third kappa shape index (κ3) is 5.21. The number of aliphatic imine (C=N–C) groups is 1. The number of carbonyl (C=O) groups is 1. The van der Waals surface area contributed by atoms with Crippen LogP contribution in [0.3, 0.4) is 0 Å². The van der Waals surface area contributed by atoms with Gasteiger partial charge in [-0.15, -0.1) is 0 Å². The first kappa shape index (κ1) is 24.9. The van der Waals surface area contributed by atoms with Crippen molar-refractivity contribution in [2.75, 3.05) is 27.5 Å². The molecule has 0 aliphatic carbocycles. The van der Waals surface area contributed by atoms with Gasteiger partial charge in [0.05, 0.1) is 45.6 Å². The second kappa shape index (κ2) is 9.43. The van der Waals surface area contributed by atoms with Crippen molar-refractivity contribution in [3.63, 3.8) is 0 Å². The van der Waals surface area contributed by atoms with Crippen LogP contribution in [0.4, 0.5) is 24.5 Å². The molecule has 2 aliphatic heterocycles. The number of rotatable bonds is 5. The molecule has 34 heavy (non-hydrogen) atoms. The number of anilines is 2. The molecule has 2 aromatic carbocycles. The van der Waals surface area contributed by atoms with Crippen LogP contribution < -0.4 is 10.2 Å². The second-order valence-corrected chi connectivity index (χ2v) is 11.5. The monoisotopic (exact) mass is 531 g/mol. The fourth-order valence-corrected chi connectivity index (χ4v) is 7.02. The molecule has 2 aromatic rings. The van der Waals surface area contributed by atoms with Crippen molar-refractivity contribution in [1.29, 1.82) is 0 Å². The Labute approximate surface area is 204 Å². The van der Waals surface area contributed by atoms with Crippen LogP contribution in [0.15, 0.2) is 47.5 Å². The molecule has 2 heterocycles. The highest BCUT2D eigenvalue weighted by Crippen LogP contribution is 2.41. The van der Waals surface area contributed by atoms with E-state index >= 15 is 0 Å². The highest BCUT2D eigenvalue weighted by atomic mass is 35.5. The van der Waals surface area contributed by atoms with E-state index in [1.54, 1.807) is 6.07 Å². The minimum Gasteiger partial charge on any atom is -0.325 e. The summed E-state index contributed by atoms with van der Waals surface area (Å²) in [6, 6.07) is 8.95. The Balaban J connectivity index is 1.59. The molecule has 182 valence electrons. The zero-order valence-electron chi connectivity index (χ0n) is 18.0. The number of amides is 1. The number of amidine groups is 1. The predicted molar refractivity (Wildman–Crippen MR) is 130 cm³/mol. The molecule has 0 unspecified atom stereocenters. The predicted octanol–water partition coefficient (Wildman–Crippen LogP) is 4.63. The van der Waals surface area contributed by atoms with Gasteiger partial charge in [-0.05, 0) is 36.2 Å². The number of fused-ring (bicyclic) bond motifs is 1. The van der Waals surface area contributed by atoms with Crippen LogP contribution in [0.25, 0.3) is 0 Å². The summed E-state index contributed by atoms with van der Waals surface area (Å²) in [7, 11) is -3.40. The number of halogens is 4. The number of hydrogen-bond acceptors (Lipinski definition) is 6. The minimum absolute atomic E-state index is 0.0177. The Morgan fingerprint density at radius 2 is 1.97 bits per heavy atom. The molecule has 2 atom stereocenters. The molecule has 0 aromatic heterocycles. The lowest BCUT2D eigenvalue weighted by molar-refractivity contribution is -0.137. The number of alkyl halides is 3. The molecule has 1 fully saturated rings. The molecule has 0 radical (unpaired) electrons. The molecular formula is C22H21ClF3N3O3S2. The smallest absolute Gasteiger partial charge is 0.325 e. The van der Waals surface area contributed by atoms with Gasteiger partial charge in [-0.25, -0.2) is 8.42 Å². The van der Waals surface area contributed by atoms with Crippen molar-refractivity contribution >= 4 is 55.6 Å². The van der Waals surface area contributed by atoms with E-state index < -0.39 is 33.7 Å². The number of hydrogen-bond donors (Lipinski definition) is 1. The highest BCUT2D eigenvalue weighted by Gasteiger charge is 2.48. The molecule has 4 rings (SSSR count). The van der Waals surface area contributed by atoms with Crippen molar-refractivity contribution in [3.8, 4) is 0 Å². The maximum absolute atomic E-state index is 13.4. The van der Waals surface area contributed by atoms with Gasteiger partial charge >= 0.3 is 6.18 Å². The first-order chi connectivity index (χ1) is 16.0. The Morgan fingerprint density at radius 1 is 1.24 bits per heavy atom. The molecule has 0 bridgehead atoms. The lowest BCUT2D eigenvalue weighted by atomic mass is 10.1. The summed E-state index contributed by atoms with van der Waals surface area (Å²) in [4.78, 5) is 18.5. The topological polar surface area (TPSA) is 78.8 Å². The summed E-state index contributed by atoms with van der Waals surface area (Å²) in [5.41, 5.74) is 0.763. The van der Waals surface area contributed by atoms with Gasteiger partial charge in [-0.2, -0.15) is 13.2 Å².